The van der Waals surface area contributed by atoms with Crippen LogP contribution in [0.25, 0.3) is 0 Å². The van der Waals surface area contributed by atoms with E-state index in [9.17, 15) is 0 Å². The number of ether oxygens (including phenoxy) is 1. The fraction of sp³-hybridized carbons (Fsp3) is 0.636. The van der Waals surface area contributed by atoms with Gasteiger partial charge < -0.3 is 15.1 Å². The maximum Gasteiger partial charge on any atom is 0.191 e. The Bertz CT molecular complexity index is 373. The van der Waals surface area contributed by atoms with Crippen molar-refractivity contribution < 1.29 is 4.74 Å². The fourth-order valence-electron chi connectivity index (χ4n) is 2.06. The van der Waals surface area contributed by atoms with Crippen LogP contribution in [-0.2, 0) is 4.74 Å². The molecule has 0 aromatic carbocycles. The summed E-state index contributed by atoms with van der Waals surface area (Å²) >= 11 is 1.51. The highest BCUT2D eigenvalue weighted by Gasteiger charge is 2.20. The van der Waals surface area contributed by atoms with Crippen molar-refractivity contribution in [1.82, 2.24) is 9.97 Å². The topological polar surface area (TPSA) is 76.3 Å². The number of aromatic nitrogens is 2. The Balaban J connectivity index is 2.13. The molecule has 2 heterocycles. The summed E-state index contributed by atoms with van der Waals surface area (Å²) in [6, 6.07) is 1.88. The lowest BCUT2D eigenvalue weighted by molar-refractivity contribution is 0.0818. The van der Waals surface area contributed by atoms with Crippen LogP contribution in [0, 0.1) is 0 Å². The number of piperidine rings is 1. The average Bonchev–Trinajstić information content (AvgIpc) is 2.46. The number of thioether (sulfide) groups is 1. The molecular weight excluding hydrogens is 250 g/mol. The summed E-state index contributed by atoms with van der Waals surface area (Å²) in [4.78, 5) is 11.0. The fourth-order valence-corrected chi connectivity index (χ4v) is 2.44. The maximum absolute atomic E-state index is 5.43. The molecule has 0 atom stereocenters. The van der Waals surface area contributed by atoms with Crippen molar-refractivity contribution in [1.29, 1.82) is 0 Å². The van der Waals surface area contributed by atoms with E-state index in [2.05, 4.69) is 20.3 Å². The molecule has 1 aromatic heterocycles. The van der Waals surface area contributed by atoms with Crippen molar-refractivity contribution in [2.45, 2.75) is 24.1 Å². The van der Waals surface area contributed by atoms with Gasteiger partial charge in [0, 0.05) is 26.3 Å². The lowest BCUT2D eigenvalue weighted by atomic mass is 10.1. The van der Waals surface area contributed by atoms with Gasteiger partial charge in [-0.2, -0.15) is 0 Å². The minimum absolute atomic E-state index is 0.371. The number of hydrogen-bond donors (Lipinski definition) is 2. The molecule has 3 N–H and O–H groups in total. The minimum Gasteiger partial charge on any atom is -0.381 e. The van der Waals surface area contributed by atoms with Crippen LogP contribution in [-0.4, -0.2) is 42.5 Å². The molecule has 1 fully saturated rings. The lowest BCUT2D eigenvalue weighted by Gasteiger charge is -2.32. The van der Waals surface area contributed by atoms with Crippen molar-refractivity contribution in [3.63, 3.8) is 0 Å². The predicted octanol–water partition coefficient (Wildman–Crippen LogP) is 1.10. The first-order valence-corrected chi connectivity index (χ1v) is 7.16. The first kappa shape index (κ1) is 13.4. The van der Waals surface area contributed by atoms with Crippen molar-refractivity contribution in [2.75, 3.05) is 36.8 Å². The number of rotatable bonds is 4. The van der Waals surface area contributed by atoms with Crippen molar-refractivity contribution >= 4 is 23.4 Å². The molecule has 18 heavy (non-hydrogen) atoms. The van der Waals surface area contributed by atoms with Crippen LogP contribution in [0.3, 0.4) is 0 Å². The van der Waals surface area contributed by atoms with E-state index in [4.69, 9.17) is 10.6 Å². The molecule has 0 saturated carbocycles. The standard InChI is InChI=1S/C11H19N5OS/c1-17-8-3-5-16(6-4-8)10-7-9(15-12)13-11(14-10)18-2/h7-8H,3-6,12H2,1-2H3,(H,13,14,15). The van der Waals surface area contributed by atoms with E-state index in [0.717, 1.165) is 36.9 Å². The van der Waals surface area contributed by atoms with Crippen LogP contribution >= 0.6 is 11.8 Å². The Morgan fingerprint density at radius 3 is 2.72 bits per heavy atom. The monoisotopic (exact) mass is 269 g/mol. The molecule has 2 rings (SSSR count). The number of nitrogens with zero attached hydrogens (tertiary/aromatic N) is 3. The second-order valence-electron chi connectivity index (χ2n) is 4.16. The summed E-state index contributed by atoms with van der Waals surface area (Å²) in [6.07, 6.45) is 4.38. The largest absolute Gasteiger partial charge is 0.381 e. The Hall–Kier alpha value is -1.05. The molecule has 0 spiro atoms. The molecule has 1 aliphatic rings. The van der Waals surface area contributed by atoms with Gasteiger partial charge in [-0.1, -0.05) is 11.8 Å². The Kier molecular flexibility index (Phi) is 4.62. The number of anilines is 2. The molecule has 1 aliphatic heterocycles. The van der Waals surface area contributed by atoms with Crippen LogP contribution in [0.4, 0.5) is 11.6 Å². The Morgan fingerprint density at radius 2 is 2.17 bits per heavy atom. The van der Waals surface area contributed by atoms with Crippen molar-refractivity contribution in [3.05, 3.63) is 6.07 Å². The van der Waals surface area contributed by atoms with Gasteiger partial charge in [-0.15, -0.1) is 0 Å². The second kappa shape index (κ2) is 6.21. The van der Waals surface area contributed by atoms with Gasteiger partial charge in [-0.25, -0.2) is 15.8 Å². The maximum atomic E-state index is 5.43. The van der Waals surface area contributed by atoms with Gasteiger partial charge in [0.2, 0.25) is 0 Å². The molecule has 1 aromatic rings. The smallest absolute Gasteiger partial charge is 0.191 e. The van der Waals surface area contributed by atoms with Gasteiger partial charge in [0.25, 0.3) is 0 Å². The summed E-state index contributed by atoms with van der Waals surface area (Å²) in [5.74, 6) is 7.01. The molecule has 0 radical (unpaired) electrons. The summed E-state index contributed by atoms with van der Waals surface area (Å²) in [6.45, 7) is 1.90. The highest BCUT2D eigenvalue weighted by Crippen LogP contribution is 2.23. The van der Waals surface area contributed by atoms with Crippen LogP contribution in [0.15, 0.2) is 11.2 Å². The molecule has 0 bridgehead atoms. The molecule has 6 nitrogen and oxygen atoms in total. The highest BCUT2D eigenvalue weighted by atomic mass is 32.2. The number of hydrazine groups is 1. The number of nitrogens with one attached hydrogen (secondary N) is 1. The van der Waals surface area contributed by atoms with Crippen LogP contribution in [0.5, 0.6) is 0 Å². The van der Waals surface area contributed by atoms with E-state index in [1.807, 2.05) is 12.3 Å². The lowest BCUT2D eigenvalue weighted by Crippen LogP contribution is -2.37. The van der Waals surface area contributed by atoms with Crippen molar-refractivity contribution in [3.8, 4) is 0 Å². The molecule has 0 amide bonds. The summed E-state index contributed by atoms with van der Waals surface area (Å²) < 4.78 is 5.37. The zero-order valence-electron chi connectivity index (χ0n) is 10.7. The second-order valence-corrected chi connectivity index (χ2v) is 4.94. The van der Waals surface area contributed by atoms with Gasteiger partial charge in [-0.3, -0.25) is 0 Å². The zero-order chi connectivity index (χ0) is 13.0. The quantitative estimate of drug-likeness (QED) is 0.367. The van der Waals surface area contributed by atoms with E-state index in [1.165, 1.54) is 11.8 Å². The van der Waals surface area contributed by atoms with Crippen LogP contribution < -0.4 is 16.2 Å². The zero-order valence-corrected chi connectivity index (χ0v) is 11.5. The number of methoxy groups -OCH3 is 1. The molecule has 0 unspecified atom stereocenters. The number of nitrogen functional groups attached to an aromatic ring is 1. The predicted molar refractivity (Wildman–Crippen MR) is 73.9 cm³/mol. The third-order valence-electron chi connectivity index (χ3n) is 3.12. The first-order chi connectivity index (χ1) is 8.76. The highest BCUT2D eigenvalue weighted by molar-refractivity contribution is 7.98. The normalized spacial score (nSPS) is 16.9. The SMILES string of the molecule is COC1CCN(c2cc(NN)nc(SC)n2)CC1. The van der Waals surface area contributed by atoms with E-state index in [-0.39, 0.29) is 0 Å². The van der Waals surface area contributed by atoms with Gasteiger partial charge in [0.05, 0.1) is 6.10 Å². The van der Waals surface area contributed by atoms with Gasteiger partial charge in [0.1, 0.15) is 11.6 Å². The van der Waals surface area contributed by atoms with Gasteiger partial charge >= 0.3 is 0 Å². The van der Waals surface area contributed by atoms with E-state index < -0.39 is 0 Å². The van der Waals surface area contributed by atoms with Gasteiger partial charge in [0.15, 0.2) is 5.16 Å². The summed E-state index contributed by atoms with van der Waals surface area (Å²) in [7, 11) is 1.77. The third kappa shape index (κ3) is 3.04. The van der Waals surface area contributed by atoms with E-state index >= 15 is 0 Å². The Morgan fingerprint density at radius 1 is 1.44 bits per heavy atom. The van der Waals surface area contributed by atoms with E-state index in [1.54, 1.807) is 7.11 Å². The summed E-state index contributed by atoms with van der Waals surface area (Å²) in [5, 5.41) is 0.731. The Labute approximate surface area is 111 Å². The van der Waals surface area contributed by atoms with Crippen molar-refractivity contribution in [2.24, 2.45) is 5.84 Å². The molecule has 7 heteroatoms. The molecule has 0 aliphatic carbocycles. The van der Waals surface area contributed by atoms with Crippen LogP contribution in [0.1, 0.15) is 12.8 Å². The summed E-state index contributed by atoms with van der Waals surface area (Å²) in [5.41, 5.74) is 2.59. The average molecular weight is 269 g/mol. The molecule has 100 valence electrons. The number of nitrogens with two attached hydrogens (primary N) is 1. The molecule has 1 saturated heterocycles. The number of hydrogen-bond acceptors (Lipinski definition) is 7. The molecular formula is C11H19N5OS. The third-order valence-corrected chi connectivity index (χ3v) is 3.67. The van der Waals surface area contributed by atoms with Gasteiger partial charge in [-0.05, 0) is 19.1 Å². The minimum atomic E-state index is 0.371. The van der Waals surface area contributed by atoms with Crippen LogP contribution in [0.2, 0.25) is 0 Å². The van der Waals surface area contributed by atoms with E-state index in [0.29, 0.717) is 11.9 Å². The first-order valence-electron chi connectivity index (χ1n) is 5.94.